The van der Waals surface area contributed by atoms with Crippen LogP contribution in [-0.4, -0.2) is 23.5 Å². The highest BCUT2D eigenvalue weighted by Gasteiger charge is 2.14. The molecule has 6 nitrogen and oxygen atoms in total. The van der Waals surface area contributed by atoms with E-state index in [1.54, 1.807) is 12.1 Å². The normalized spacial score (nSPS) is 11.1. The predicted octanol–water partition coefficient (Wildman–Crippen LogP) is 9.03. The Morgan fingerprint density at radius 3 is 2.07 bits per heavy atom. The van der Waals surface area contributed by atoms with Gasteiger partial charge in [0.1, 0.15) is 5.75 Å². The molecule has 0 unspecified atom stereocenters. The van der Waals surface area contributed by atoms with E-state index in [1.807, 2.05) is 54.6 Å². The summed E-state index contributed by atoms with van der Waals surface area (Å²) in [5.74, 6) is -0.263. The Morgan fingerprint density at radius 1 is 0.756 bits per heavy atom. The molecule has 0 fully saturated rings. The molecule has 0 aromatic heterocycles. The molecule has 4 rings (SSSR count). The number of aromatic carboxylic acids is 1. The summed E-state index contributed by atoms with van der Waals surface area (Å²) in [4.78, 5) is 24.3. The lowest BCUT2D eigenvalue weighted by atomic mass is 9.98. The molecule has 0 bridgehead atoms. The number of anilines is 2. The van der Waals surface area contributed by atoms with E-state index in [4.69, 9.17) is 16.2 Å². The number of aryl methyl sites for hydroxylation is 1. The van der Waals surface area contributed by atoms with E-state index in [1.165, 1.54) is 30.9 Å². The van der Waals surface area contributed by atoms with Crippen LogP contribution in [0.5, 0.6) is 5.75 Å². The van der Waals surface area contributed by atoms with Crippen molar-refractivity contribution in [1.82, 2.24) is 0 Å². The van der Waals surface area contributed by atoms with Gasteiger partial charge in [0, 0.05) is 16.9 Å². The Hall–Kier alpha value is -4.84. The van der Waals surface area contributed by atoms with Crippen LogP contribution in [0.15, 0.2) is 91.0 Å². The molecule has 5 N–H and O–H groups in total. The van der Waals surface area contributed by atoms with Crippen molar-refractivity contribution in [2.45, 2.75) is 64.7 Å². The van der Waals surface area contributed by atoms with Crippen molar-refractivity contribution in [3.63, 3.8) is 0 Å². The van der Waals surface area contributed by atoms with Crippen LogP contribution >= 0.6 is 0 Å². The first kappa shape index (κ1) is 33.1. The van der Waals surface area contributed by atoms with Crippen molar-refractivity contribution >= 4 is 29.2 Å². The molecule has 0 aliphatic heterocycles. The second kappa shape index (κ2) is 16.9. The molecule has 0 saturated heterocycles. The summed E-state index contributed by atoms with van der Waals surface area (Å²) in [5.41, 5.74) is 18.6. The molecule has 234 valence electrons. The smallest absolute Gasteiger partial charge is 0.336 e. The first-order valence-electron chi connectivity index (χ1n) is 15.9. The fourth-order valence-corrected chi connectivity index (χ4v) is 5.35. The van der Waals surface area contributed by atoms with Crippen molar-refractivity contribution in [3.05, 3.63) is 119 Å². The van der Waals surface area contributed by atoms with Gasteiger partial charge in [-0.25, -0.2) is 4.79 Å². The fourth-order valence-electron chi connectivity index (χ4n) is 5.35. The Balaban J connectivity index is 1.17. The number of rotatable bonds is 17. The number of benzene rings is 4. The van der Waals surface area contributed by atoms with Crippen LogP contribution in [0.1, 0.15) is 89.3 Å². The van der Waals surface area contributed by atoms with Gasteiger partial charge in [0.15, 0.2) is 5.78 Å². The zero-order chi connectivity index (χ0) is 32.0. The molecule has 0 radical (unpaired) electrons. The predicted molar refractivity (Wildman–Crippen MR) is 185 cm³/mol. The van der Waals surface area contributed by atoms with Crippen LogP contribution in [0.25, 0.3) is 17.2 Å². The standard InChI is InChI=1S/C39H44N2O4/c1-2-3-6-9-28-11-16-30(17-12-28)31-18-20-32(21-19-31)38(42)24-15-29-13-22-34(23-14-29)45-25-8-5-4-7-10-35-36(39(43)44)26-33(40)27-37(35)41/h11-24,26-27H,2-10,25,40-41H2,1H3,(H,43,44)/b24-15+. The molecule has 0 atom stereocenters. The maximum Gasteiger partial charge on any atom is 0.336 e. The van der Waals surface area contributed by atoms with E-state index in [0.717, 1.165) is 54.5 Å². The van der Waals surface area contributed by atoms with E-state index in [-0.39, 0.29) is 11.3 Å². The molecule has 4 aromatic rings. The van der Waals surface area contributed by atoms with Crippen molar-refractivity contribution in [2.24, 2.45) is 0 Å². The number of hydrogen-bond donors (Lipinski definition) is 3. The quantitative estimate of drug-likeness (QED) is 0.0479. The molecule has 0 saturated carbocycles. The van der Waals surface area contributed by atoms with Crippen molar-refractivity contribution in [3.8, 4) is 16.9 Å². The Bertz CT molecular complexity index is 1570. The van der Waals surface area contributed by atoms with Gasteiger partial charge >= 0.3 is 5.97 Å². The van der Waals surface area contributed by atoms with Gasteiger partial charge in [0.05, 0.1) is 12.2 Å². The molecular weight excluding hydrogens is 560 g/mol. The molecule has 0 heterocycles. The molecule has 45 heavy (non-hydrogen) atoms. The zero-order valence-corrected chi connectivity index (χ0v) is 26.1. The van der Waals surface area contributed by atoms with E-state index >= 15 is 0 Å². The van der Waals surface area contributed by atoms with Gasteiger partial charge in [-0.3, -0.25) is 4.79 Å². The Morgan fingerprint density at radius 2 is 1.40 bits per heavy atom. The number of carboxylic acids is 1. The summed E-state index contributed by atoms with van der Waals surface area (Å²) in [7, 11) is 0. The van der Waals surface area contributed by atoms with Crippen LogP contribution < -0.4 is 16.2 Å². The van der Waals surface area contributed by atoms with Gasteiger partial charge in [0.25, 0.3) is 0 Å². The number of nitrogens with two attached hydrogens (primary N) is 2. The van der Waals surface area contributed by atoms with Crippen LogP contribution in [0, 0.1) is 0 Å². The van der Waals surface area contributed by atoms with E-state index in [0.29, 0.717) is 35.5 Å². The minimum Gasteiger partial charge on any atom is -0.494 e. The maximum absolute atomic E-state index is 12.8. The largest absolute Gasteiger partial charge is 0.494 e. The lowest BCUT2D eigenvalue weighted by molar-refractivity contribution is 0.0695. The Kier molecular flexibility index (Phi) is 12.4. The lowest BCUT2D eigenvalue weighted by Crippen LogP contribution is -2.08. The molecule has 0 spiro atoms. The van der Waals surface area contributed by atoms with E-state index in [2.05, 4.69) is 31.2 Å². The molecule has 0 aliphatic carbocycles. The second-order valence-corrected chi connectivity index (χ2v) is 11.5. The third-order valence-corrected chi connectivity index (χ3v) is 7.96. The lowest BCUT2D eigenvalue weighted by Gasteiger charge is -2.11. The maximum atomic E-state index is 12.8. The van der Waals surface area contributed by atoms with Gasteiger partial charge in [-0.05, 0) is 90.3 Å². The van der Waals surface area contributed by atoms with Crippen LogP contribution in [0.4, 0.5) is 11.4 Å². The van der Waals surface area contributed by atoms with Gasteiger partial charge in [-0.15, -0.1) is 0 Å². The van der Waals surface area contributed by atoms with E-state index in [9.17, 15) is 14.7 Å². The summed E-state index contributed by atoms with van der Waals surface area (Å²) in [6.07, 6.45) is 12.5. The molecule has 0 aliphatic rings. The number of ether oxygens (including phenoxy) is 1. The van der Waals surface area contributed by atoms with Gasteiger partial charge in [-0.2, -0.15) is 0 Å². The summed E-state index contributed by atoms with van der Waals surface area (Å²) in [6.45, 7) is 2.82. The number of allylic oxidation sites excluding steroid dienone is 1. The highest BCUT2D eigenvalue weighted by molar-refractivity contribution is 6.07. The van der Waals surface area contributed by atoms with Crippen molar-refractivity contribution in [2.75, 3.05) is 18.1 Å². The Labute approximate surface area is 266 Å². The summed E-state index contributed by atoms with van der Waals surface area (Å²) >= 11 is 0. The SMILES string of the molecule is CCCCCc1ccc(-c2ccc(C(=O)/C=C/c3ccc(OCCCCCCc4c(N)cc(N)cc4C(=O)O)cc3)cc2)cc1. The van der Waals surface area contributed by atoms with Crippen molar-refractivity contribution in [1.29, 1.82) is 0 Å². The number of carboxylic acid groups (broad SMARTS) is 1. The highest BCUT2D eigenvalue weighted by Crippen LogP contribution is 2.25. The first-order valence-corrected chi connectivity index (χ1v) is 15.9. The average molecular weight is 605 g/mol. The van der Waals surface area contributed by atoms with Crippen molar-refractivity contribution < 1.29 is 19.4 Å². The second-order valence-electron chi connectivity index (χ2n) is 11.5. The fraction of sp³-hybridized carbons (Fsp3) is 0.282. The first-order chi connectivity index (χ1) is 21.8. The number of hydrogen-bond acceptors (Lipinski definition) is 5. The zero-order valence-electron chi connectivity index (χ0n) is 26.1. The third-order valence-electron chi connectivity index (χ3n) is 7.96. The molecule has 0 amide bonds. The average Bonchev–Trinajstić information content (AvgIpc) is 3.05. The summed E-state index contributed by atoms with van der Waals surface area (Å²) < 4.78 is 5.88. The van der Waals surface area contributed by atoms with Crippen LogP contribution in [-0.2, 0) is 12.8 Å². The third kappa shape index (κ3) is 10.1. The highest BCUT2D eigenvalue weighted by atomic mass is 16.5. The number of unbranched alkanes of at least 4 members (excludes halogenated alkanes) is 5. The summed E-state index contributed by atoms with van der Waals surface area (Å²) in [5, 5.41) is 9.44. The molecule has 4 aromatic carbocycles. The van der Waals surface area contributed by atoms with Gasteiger partial charge in [0.2, 0.25) is 0 Å². The van der Waals surface area contributed by atoms with Gasteiger partial charge in [-0.1, -0.05) is 99.3 Å². The van der Waals surface area contributed by atoms with E-state index < -0.39 is 5.97 Å². The number of nitrogen functional groups attached to an aromatic ring is 2. The topological polar surface area (TPSA) is 116 Å². The number of ketones is 1. The van der Waals surface area contributed by atoms with Crippen LogP contribution in [0.2, 0.25) is 0 Å². The minimum absolute atomic E-state index is 0.0357. The minimum atomic E-state index is -1.01. The van der Waals surface area contributed by atoms with Crippen LogP contribution in [0.3, 0.4) is 0 Å². The number of carbonyl (C=O) groups excluding carboxylic acids is 1. The number of carbonyl (C=O) groups is 2. The molecule has 6 heteroatoms. The van der Waals surface area contributed by atoms with Gasteiger partial charge < -0.3 is 21.3 Å². The monoisotopic (exact) mass is 604 g/mol. The molecular formula is C39H44N2O4. The summed E-state index contributed by atoms with van der Waals surface area (Å²) in [6, 6.07) is 27.3.